The van der Waals surface area contributed by atoms with Gasteiger partial charge >= 0.3 is 0 Å². The van der Waals surface area contributed by atoms with Crippen LogP contribution in [0.2, 0.25) is 0 Å². The molecule has 0 saturated heterocycles. The molecule has 1 nitrogen and oxygen atoms in total. The molecule has 1 atom stereocenters. The van der Waals surface area contributed by atoms with E-state index in [9.17, 15) is 4.39 Å². The van der Waals surface area contributed by atoms with E-state index in [2.05, 4.69) is 18.3 Å². The molecule has 1 unspecified atom stereocenters. The lowest BCUT2D eigenvalue weighted by Crippen LogP contribution is -2.26. The van der Waals surface area contributed by atoms with E-state index in [1.807, 2.05) is 6.07 Å². The van der Waals surface area contributed by atoms with Crippen molar-refractivity contribution in [2.24, 2.45) is 0 Å². The topological polar surface area (TPSA) is 12.0 Å². The molecule has 2 heterocycles. The van der Waals surface area contributed by atoms with Crippen molar-refractivity contribution in [1.82, 2.24) is 5.32 Å². The minimum Gasteiger partial charge on any atom is -0.309 e. The molecule has 3 rings (SSSR count). The van der Waals surface area contributed by atoms with Crippen LogP contribution in [0.4, 0.5) is 4.39 Å². The highest BCUT2D eigenvalue weighted by Gasteiger charge is 2.19. The van der Waals surface area contributed by atoms with E-state index in [4.69, 9.17) is 0 Å². The average molecular weight is 247 g/mol. The maximum atomic E-state index is 13.2. The Kier molecular flexibility index (Phi) is 2.73. The Hall–Kier alpha value is -1.19. The molecule has 0 spiro atoms. The third kappa shape index (κ3) is 2.01. The van der Waals surface area contributed by atoms with Gasteiger partial charge in [0.1, 0.15) is 5.82 Å². The van der Waals surface area contributed by atoms with Crippen molar-refractivity contribution in [2.45, 2.75) is 19.4 Å². The van der Waals surface area contributed by atoms with Gasteiger partial charge in [-0.15, -0.1) is 11.3 Å². The number of thiophene rings is 1. The van der Waals surface area contributed by atoms with Gasteiger partial charge in [0.2, 0.25) is 0 Å². The van der Waals surface area contributed by atoms with Gasteiger partial charge in [-0.1, -0.05) is 12.1 Å². The first-order valence-corrected chi connectivity index (χ1v) is 6.67. The lowest BCUT2D eigenvalue weighted by Gasteiger charge is -2.19. The molecule has 0 bridgehead atoms. The Balaban J connectivity index is 2.05. The number of rotatable bonds is 1. The smallest absolute Gasteiger partial charge is 0.123 e. The molecule has 0 saturated carbocycles. The van der Waals surface area contributed by atoms with Crippen LogP contribution in [0.15, 0.2) is 30.3 Å². The van der Waals surface area contributed by atoms with Crippen LogP contribution in [0.25, 0.3) is 10.4 Å². The van der Waals surface area contributed by atoms with Crippen LogP contribution < -0.4 is 5.32 Å². The van der Waals surface area contributed by atoms with Crippen LogP contribution in [0.5, 0.6) is 0 Å². The van der Waals surface area contributed by atoms with Gasteiger partial charge in [-0.3, -0.25) is 0 Å². The van der Waals surface area contributed by atoms with Gasteiger partial charge in [0.05, 0.1) is 0 Å². The van der Waals surface area contributed by atoms with Crippen LogP contribution in [-0.2, 0) is 6.42 Å². The molecule has 0 aliphatic carbocycles. The standard InChI is InChI=1S/C14H14FNS/c1-9-14-11(5-6-16-9)8-13(17-14)10-3-2-4-12(15)7-10/h2-4,7-9,16H,5-6H2,1H3. The lowest BCUT2D eigenvalue weighted by molar-refractivity contribution is 0.551. The number of benzene rings is 1. The number of nitrogens with one attached hydrogen (secondary N) is 1. The van der Waals surface area contributed by atoms with Crippen LogP contribution in [-0.4, -0.2) is 6.54 Å². The molecule has 1 aromatic heterocycles. The zero-order valence-corrected chi connectivity index (χ0v) is 10.5. The van der Waals surface area contributed by atoms with Gasteiger partial charge in [0.25, 0.3) is 0 Å². The highest BCUT2D eigenvalue weighted by molar-refractivity contribution is 7.15. The van der Waals surface area contributed by atoms with Crippen LogP contribution in [0.3, 0.4) is 0 Å². The molecule has 1 N–H and O–H groups in total. The second-order valence-electron chi connectivity index (χ2n) is 4.44. The van der Waals surface area contributed by atoms with Crippen LogP contribution >= 0.6 is 11.3 Å². The van der Waals surface area contributed by atoms with Crippen molar-refractivity contribution < 1.29 is 4.39 Å². The second kappa shape index (κ2) is 4.24. The third-order valence-corrected chi connectivity index (χ3v) is 4.60. The number of hydrogen-bond acceptors (Lipinski definition) is 2. The third-order valence-electron chi connectivity index (χ3n) is 3.19. The molecule has 2 aromatic rings. The summed E-state index contributed by atoms with van der Waals surface area (Å²) in [5, 5.41) is 3.45. The highest BCUT2D eigenvalue weighted by atomic mass is 32.1. The summed E-state index contributed by atoms with van der Waals surface area (Å²) in [6, 6.07) is 9.47. The predicted molar refractivity (Wildman–Crippen MR) is 69.8 cm³/mol. The largest absolute Gasteiger partial charge is 0.309 e. The van der Waals surface area contributed by atoms with Crippen molar-refractivity contribution in [3.05, 3.63) is 46.6 Å². The quantitative estimate of drug-likeness (QED) is 0.809. The maximum Gasteiger partial charge on any atom is 0.123 e. The summed E-state index contributed by atoms with van der Waals surface area (Å²) in [5.74, 6) is -0.167. The molecule has 3 heteroatoms. The number of halogens is 1. The van der Waals surface area contributed by atoms with Gasteiger partial charge in [0, 0.05) is 15.8 Å². The fourth-order valence-corrected chi connectivity index (χ4v) is 3.54. The van der Waals surface area contributed by atoms with Gasteiger partial charge < -0.3 is 5.32 Å². The van der Waals surface area contributed by atoms with Gasteiger partial charge in [-0.25, -0.2) is 4.39 Å². The van der Waals surface area contributed by atoms with E-state index in [0.29, 0.717) is 6.04 Å². The summed E-state index contributed by atoms with van der Waals surface area (Å²) in [6.07, 6.45) is 1.07. The van der Waals surface area contributed by atoms with Crippen molar-refractivity contribution in [3.8, 4) is 10.4 Å². The monoisotopic (exact) mass is 247 g/mol. The summed E-state index contributed by atoms with van der Waals surface area (Å²) in [6.45, 7) is 3.22. The van der Waals surface area contributed by atoms with Gasteiger partial charge in [-0.05, 0) is 49.2 Å². The summed E-state index contributed by atoms with van der Waals surface area (Å²) in [5.41, 5.74) is 2.40. The first-order chi connectivity index (χ1) is 8.24. The number of hydrogen-bond donors (Lipinski definition) is 1. The van der Waals surface area contributed by atoms with Crippen molar-refractivity contribution in [1.29, 1.82) is 0 Å². The fraction of sp³-hybridized carbons (Fsp3) is 0.286. The average Bonchev–Trinajstić information content (AvgIpc) is 2.74. The molecule has 0 amide bonds. The van der Waals surface area contributed by atoms with Crippen LogP contribution in [0.1, 0.15) is 23.4 Å². The molecule has 1 aromatic carbocycles. The summed E-state index contributed by atoms with van der Waals surface area (Å²) >= 11 is 1.78. The fourth-order valence-electron chi connectivity index (χ4n) is 2.30. The Labute approximate surface area is 104 Å². The zero-order chi connectivity index (χ0) is 11.8. The normalized spacial score (nSPS) is 19.1. The summed E-state index contributed by atoms with van der Waals surface area (Å²) < 4.78 is 13.2. The molecule has 1 aliphatic rings. The summed E-state index contributed by atoms with van der Waals surface area (Å²) in [7, 11) is 0. The first kappa shape index (κ1) is 10.9. The minimum absolute atomic E-state index is 0.167. The Bertz CT molecular complexity index is 547. The highest BCUT2D eigenvalue weighted by Crippen LogP contribution is 2.37. The zero-order valence-electron chi connectivity index (χ0n) is 9.66. The molecular formula is C14H14FNS. The second-order valence-corrected chi connectivity index (χ2v) is 5.52. The molecule has 88 valence electrons. The molecule has 1 aliphatic heterocycles. The minimum atomic E-state index is -0.167. The molecule has 0 radical (unpaired) electrons. The van der Waals surface area contributed by atoms with Gasteiger partial charge in [-0.2, -0.15) is 0 Å². The van der Waals surface area contributed by atoms with E-state index >= 15 is 0 Å². The van der Waals surface area contributed by atoms with E-state index < -0.39 is 0 Å². The first-order valence-electron chi connectivity index (χ1n) is 5.86. The van der Waals surface area contributed by atoms with E-state index in [1.54, 1.807) is 23.5 Å². The Morgan fingerprint density at radius 1 is 1.35 bits per heavy atom. The number of fused-ring (bicyclic) bond motifs is 1. The van der Waals surface area contributed by atoms with Crippen molar-refractivity contribution in [3.63, 3.8) is 0 Å². The van der Waals surface area contributed by atoms with E-state index in [0.717, 1.165) is 18.5 Å². The van der Waals surface area contributed by atoms with E-state index in [1.165, 1.54) is 21.4 Å². The van der Waals surface area contributed by atoms with Gasteiger partial charge in [0.15, 0.2) is 0 Å². The molecule has 17 heavy (non-hydrogen) atoms. The lowest BCUT2D eigenvalue weighted by atomic mass is 10.0. The molecule has 0 fully saturated rings. The van der Waals surface area contributed by atoms with E-state index in [-0.39, 0.29) is 5.82 Å². The van der Waals surface area contributed by atoms with Crippen molar-refractivity contribution >= 4 is 11.3 Å². The molecular weight excluding hydrogens is 233 g/mol. The SMILES string of the molecule is CC1NCCc2cc(-c3cccc(F)c3)sc21. The van der Waals surface area contributed by atoms with Crippen LogP contribution in [0, 0.1) is 5.82 Å². The van der Waals surface area contributed by atoms with Crippen molar-refractivity contribution in [2.75, 3.05) is 6.54 Å². The predicted octanol–water partition coefficient (Wildman–Crippen LogP) is 3.76. The summed E-state index contributed by atoms with van der Waals surface area (Å²) in [4.78, 5) is 2.57. The Morgan fingerprint density at radius 3 is 3.00 bits per heavy atom. The Morgan fingerprint density at radius 2 is 2.24 bits per heavy atom. The maximum absolute atomic E-state index is 13.2.